The van der Waals surface area contributed by atoms with Crippen LogP contribution in [0.25, 0.3) is 0 Å². The van der Waals surface area contributed by atoms with Crippen LogP contribution < -0.4 is 0 Å². The van der Waals surface area contributed by atoms with Gasteiger partial charge in [0.15, 0.2) is 0 Å². The van der Waals surface area contributed by atoms with Crippen molar-refractivity contribution < 1.29 is 5.11 Å². The summed E-state index contributed by atoms with van der Waals surface area (Å²) in [7, 11) is 0. The Morgan fingerprint density at radius 1 is 1.46 bits per heavy atom. The number of hydrogen-bond donors (Lipinski definition) is 1. The van der Waals surface area contributed by atoms with Crippen molar-refractivity contribution in [2.24, 2.45) is 10.9 Å². The van der Waals surface area contributed by atoms with Gasteiger partial charge in [-0.25, -0.2) is 4.99 Å². The van der Waals surface area contributed by atoms with Crippen molar-refractivity contribution in [3.8, 4) is 0 Å². The molecule has 3 heteroatoms. The fraction of sp³-hybridized carbons (Fsp3) is 0.700. The molecule has 0 heterocycles. The molecule has 0 bridgehead atoms. The Morgan fingerprint density at radius 3 is 2.31 bits per heavy atom. The lowest BCUT2D eigenvalue weighted by Crippen LogP contribution is -2.01. The third-order valence-electron chi connectivity index (χ3n) is 2.25. The smallest absolute Gasteiger partial charge is 0.0852 e. The van der Waals surface area contributed by atoms with Gasteiger partial charge in [0.05, 0.1) is 16.9 Å². The predicted octanol–water partition coefficient (Wildman–Crippen LogP) is 3.11. The third kappa shape index (κ3) is 4.58. The van der Waals surface area contributed by atoms with Crippen molar-refractivity contribution in [1.29, 1.82) is 0 Å². The molecule has 2 nitrogen and oxygen atoms in total. The maximum Gasteiger partial charge on any atom is 0.0852 e. The van der Waals surface area contributed by atoms with Crippen LogP contribution in [0.5, 0.6) is 0 Å². The first-order chi connectivity index (χ1) is 6.02. The molecule has 1 unspecified atom stereocenters. The molecule has 0 saturated carbocycles. The SMILES string of the molecule is CCC(C)/C(C)=C(CO)\N=C(/C)Br. The highest BCUT2D eigenvalue weighted by molar-refractivity contribution is 9.18. The summed E-state index contributed by atoms with van der Waals surface area (Å²) < 4.78 is 0.805. The Hall–Kier alpha value is -0.150. The molecule has 76 valence electrons. The number of allylic oxidation sites excluding steroid dienone is 1. The van der Waals surface area contributed by atoms with E-state index in [1.807, 2.05) is 13.8 Å². The fourth-order valence-corrected chi connectivity index (χ4v) is 1.24. The van der Waals surface area contributed by atoms with Crippen LogP contribution in [0.4, 0.5) is 0 Å². The normalized spacial score (nSPS) is 16.9. The Labute approximate surface area is 88.9 Å². The molecular weight excluding hydrogens is 230 g/mol. The van der Waals surface area contributed by atoms with E-state index in [1.54, 1.807) is 0 Å². The molecule has 0 aliphatic heterocycles. The van der Waals surface area contributed by atoms with Crippen LogP contribution in [-0.2, 0) is 0 Å². The van der Waals surface area contributed by atoms with Crippen molar-refractivity contribution >= 4 is 20.6 Å². The molecule has 0 radical (unpaired) electrons. The second kappa shape index (κ2) is 6.33. The van der Waals surface area contributed by atoms with Gasteiger partial charge in [-0.05, 0) is 47.7 Å². The van der Waals surface area contributed by atoms with Gasteiger partial charge in [-0.3, -0.25) is 0 Å². The first-order valence-electron chi connectivity index (χ1n) is 4.54. The van der Waals surface area contributed by atoms with Crippen molar-refractivity contribution in [3.63, 3.8) is 0 Å². The van der Waals surface area contributed by atoms with Gasteiger partial charge in [-0.2, -0.15) is 0 Å². The number of halogens is 1. The quantitative estimate of drug-likeness (QED) is 0.762. The second-order valence-electron chi connectivity index (χ2n) is 3.21. The Bertz CT molecular complexity index is 217. The lowest BCUT2D eigenvalue weighted by atomic mass is 9.98. The number of aliphatic imine (C=N–C) groups is 1. The molecular formula is C10H18BrNO. The predicted molar refractivity (Wildman–Crippen MR) is 61.3 cm³/mol. The van der Waals surface area contributed by atoms with Gasteiger partial charge in [-0.15, -0.1) is 0 Å². The topological polar surface area (TPSA) is 32.6 Å². The van der Waals surface area contributed by atoms with E-state index in [0.717, 1.165) is 16.7 Å². The van der Waals surface area contributed by atoms with E-state index in [4.69, 9.17) is 5.11 Å². The summed E-state index contributed by atoms with van der Waals surface area (Å²) in [5.41, 5.74) is 1.95. The largest absolute Gasteiger partial charge is 0.390 e. The maximum atomic E-state index is 9.10. The summed E-state index contributed by atoms with van der Waals surface area (Å²) >= 11 is 3.26. The highest BCUT2D eigenvalue weighted by Gasteiger charge is 2.06. The summed E-state index contributed by atoms with van der Waals surface area (Å²) in [6.45, 7) is 8.18. The van der Waals surface area contributed by atoms with Gasteiger partial charge in [-0.1, -0.05) is 13.8 Å². The zero-order valence-corrected chi connectivity index (χ0v) is 10.3. The van der Waals surface area contributed by atoms with Crippen LogP contribution in [0.1, 0.15) is 34.1 Å². The number of aliphatic hydroxyl groups excluding tert-OH is 1. The summed E-state index contributed by atoms with van der Waals surface area (Å²) in [5, 5.41) is 9.10. The average molecular weight is 248 g/mol. The molecule has 0 aliphatic rings. The van der Waals surface area contributed by atoms with Gasteiger partial charge >= 0.3 is 0 Å². The number of rotatable bonds is 4. The molecule has 0 aromatic heterocycles. The number of aliphatic hydroxyl groups is 1. The van der Waals surface area contributed by atoms with E-state index in [-0.39, 0.29) is 6.61 Å². The zero-order valence-electron chi connectivity index (χ0n) is 8.76. The van der Waals surface area contributed by atoms with Crippen molar-refractivity contribution in [3.05, 3.63) is 11.3 Å². The number of nitrogens with zero attached hydrogens (tertiary/aromatic N) is 1. The van der Waals surface area contributed by atoms with Gasteiger partial charge < -0.3 is 5.11 Å². The Kier molecular flexibility index (Phi) is 6.25. The highest BCUT2D eigenvalue weighted by Crippen LogP contribution is 2.18. The summed E-state index contributed by atoms with van der Waals surface area (Å²) in [6.07, 6.45) is 1.08. The first kappa shape index (κ1) is 12.8. The van der Waals surface area contributed by atoms with Crippen LogP contribution >= 0.6 is 15.9 Å². The van der Waals surface area contributed by atoms with E-state index in [1.165, 1.54) is 5.57 Å². The highest BCUT2D eigenvalue weighted by atomic mass is 79.9. The van der Waals surface area contributed by atoms with Crippen molar-refractivity contribution in [1.82, 2.24) is 0 Å². The zero-order chi connectivity index (χ0) is 10.4. The van der Waals surface area contributed by atoms with Crippen molar-refractivity contribution in [2.45, 2.75) is 34.1 Å². The van der Waals surface area contributed by atoms with E-state index < -0.39 is 0 Å². The van der Waals surface area contributed by atoms with Crippen molar-refractivity contribution in [2.75, 3.05) is 6.61 Å². The van der Waals surface area contributed by atoms with E-state index in [2.05, 4.69) is 34.8 Å². The van der Waals surface area contributed by atoms with Crippen LogP contribution in [0.3, 0.4) is 0 Å². The fourth-order valence-electron chi connectivity index (χ4n) is 1.02. The van der Waals surface area contributed by atoms with E-state index in [9.17, 15) is 0 Å². The molecule has 0 rings (SSSR count). The van der Waals surface area contributed by atoms with Crippen LogP contribution in [0.15, 0.2) is 16.3 Å². The van der Waals surface area contributed by atoms with Gasteiger partial charge in [0, 0.05) is 0 Å². The number of hydrogen-bond acceptors (Lipinski definition) is 2. The van der Waals surface area contributed by atoms with Crippen LogP contribution in [0.2, 0.25) is 0 Å². The second-order valence-corrected chi connectivity index (χ2v) is 4.35. The molecule has 0 amide bonds. The monoisotopic (exact) mass is 247 g/mol. The third-order valence-corrected chi connectivity index (χ3v) is 2.42. The molecule has 1 N–H and O–H groups in total. The molecule has 0 fully saturated rings. The summed E-state index contributed by atoms with van der Waals surface area (Å²) in [5.74, 6) is 0.484. The molecule has 0 aromatic carbocycles. The molecule has 1 atom stereocenters. The molecule has 0 aromatic rings. The molecule has 0 aliphatic carbocycles. The minimum Gasteiger partial charge on any atom is -0.390 e. The van der Waals surface area contributed by atoms with Gasteiger partial charge in [0.1, 0.15) is 0 Å². The van der Waals surface area contributed by atoms with Crippen LogP contribution in [-0.4, -0.2) is 16.3 Å². The first-order valence-corrected chi connectivity index (χ1v) is 5.33. The van der Waals surface area contributed by atoms with E-state index in [0.29, 0.717) is 5.92 Å². The molecule has 0 saturated heterocycles. The maximum absolute atomic E-state index is 9.10. The lowest BCUT2D eigenvalue weighted by molar-refractivity contribution is 0.327. The summed E-state index contributed by atoms with van der Waals surface area (Å²) in [4.78, 5) is 4.23. The Morgan fingerprint density at radius 2 is 2.00 bits per heavy atom. The standard InChI is InChI=1S/C10H18BrNO/c1-5-7(2)8(3)10(6-13)12-9(4)11/h7,13H,5-6H2,1-4H3/b10-8-,12-9+. The molecule has 13 heavy (non-hydrogen) atoms. The average Bonchev–Trinajstić information content (AvgIpc) is 2.11. The van der Waals surface area contributed by atoms with Gasteiger partial charge in [0.2, 0.25) is 0 Å². The Balaban J connectivity index is 4.79. The minimum absolute atomic E-state index is 0.0130. The minimum atomic E-state index is 0.0130. The van der Waals surface area contributed by atoms with Gasteiger partial charge in [0.25, 0.3) is 0 Å². The molecule has 0 spiro atoms. The van der Waals surface area contributed by atoms with Crippen LogP contribution in [0, 0.1) is 5.92 Å². The lowest BCUT2D eigenvalue weighted by Gasteiger charge is -2.12. The van der Waals surface area contributed by atoms with E-state index >= 15 is 0 Å². The summed E-state index contributed by atoms with van der Waals surface area (Å²) in [6, 6.07) is 0.